The first-order valence-corrected chi connectivity index (χ1v) is 14.8. The molecule has 0 saturated heterocycles. The molecule has 1 unspecified atom stereocenters. The quantitative estimate of drug-likeness (QED) is 0.151. The number of hydrogen-bond acceptors (Lipinski definition) is 4. The number of unbranched alkanes of at least 4 members (excludes halogenated alkanes) is 13. The maximum absolute atomic E-state index is 10.2. The van der Waals surface area contributed by atoms with Crippen LogP contribution in [0.3, 0.4) is 0 Å². The topological polar surface area (TPSA) is 129 Å². The van der Waals surface area contributed by atoms with Crippen molar-refractivity contribution < 1.29 is 32.8 Å². The summed E-state index contributed by atoms with van der Waals surface area (Å²) in [6.07, 6.45) is 19.6. The van der Waals surface area contributed by atoms with Crippen LogP contribution in [-0.2, 0) is 19.7 Å². The molecule has 0 aliphatic rings. The molecule has 0 fully saturated rings. The van der Waals surface area contributed by atoms with E-state index in [-0.39, 0.29) is 0 Å². The molecule has 0 rings (SSSR count). The molecule has 3 N–H and O–H groups in total. The van der Waals surface area contributed by atoms with Crippen molar-refractivity contribution in [3.05, 3.63) is 0 Å². The molecule has 0 aromatic rings. The van der Waals surface area contributed by atoms with Gasteiger partial charge in [0.25, 0.3) is 10.1 Å². The van der Waals surface area contributed by atoms with E-state index in [9.17, 15) is 18.0 Å². The maximum Gasteiger partial charge on any atom is 0.325 e. The van der Waals surface area contributed by atoms with Crippen molar-refractivity contribution in [1.29, 1.82) is 0 Å². The summed E-state index contributed by atoms with van der Waals surface area (Å²) in [5, 5.41) is 13.9. The van der Waals surface area contributed by atoms with Crippen molar-refractivity contribution in [3.8, 4) is 0 Å². The number of carbonyl (C=O) groups is 2. The summed E-state index contributed by atoms with van der Waals surface area (Å²) < 4.78 is 30.2. The number of aliphatic carboxylic acids is 2. The van der Waals surface area contributed by atoms with Gasteiger partial charge in [-0.2, -0.15) is 8.42 Å². The van der Waals surface area contributed by atoms with Crippen LogP contribution in [0.15, 0.2) is 0 Å². The zero-order chi connectivity index (χ0) is 22.5. The van der Waals surface area contributed by atoms with Gasteiger partial charge in [0.05, 0.1) is 6.42 Å². The van der Waals surface area contributed by atoms with Gasteiger partial charge in [0.15, 0.2) is 5.25 Å². The van der Waals surface area contributed by atoms with E-state index >= 15 is 0 Å². The molecular weight excluding hydrogens is 423 g/mol. The Bertz CT molecular complexity index is 495. The molecule has 7 nitrogen and oxygen atoms in total. The van der Waals surface area contributed by atoms with E-state index in [2.05, 4.69) is 6.92 Å². The third kappa shape index (κ3) is 24.6. The fraction of sp³-hybridized carbons (Fsp3) is 0.900. The molecule has 0 radical (unpaired) electrons. The normalized spacial score (nSPS) is 12.1. The minimum absolute atomic E-state index is 1.10. The molecule has 0 aromatic carbocycles. The molecule has 0 amide bonds. The van der Waals surface area contributed by atoms with Gasteiger partial charge in [-0.1, -0.05) is 26.2 Å². The van der Waals surface area contributed by atoms with Gasteiger partial charge in [0.1, 0.15) is 0 Å². The van der Waals surface area contributed by atoms with Gasteiger partial charge in [-0.3, -0.25) is 14.1 Å². The Labute approximate surface area is 210 Å². The van der Waals surface area contributed by atoms with Crippen LogP contribution in [0.1, 0.15) is 103 Å². The second-order valence-electron chi connectivity index (χ2n) is 7.54. The van der Waals surface area contributed by atoms with E-state index in [0.29, 0.717) is 0 Å². The smallest absolute Gasteiger partial charge is 0.325 e. The van der Waals surface area contributed by atoms with Gasteiger partial charge in [0, 0.05) is 0 Å². The third-order valence-corrected chi connectivity index (χ3v) is 6.89. The molecule has 0 aliphatic heterocycles. The summed E-state index contributed by atoms with van der Waals surface area (Å²) in [4.78, 5) is 20.0. The van der Waals surface area contributed by atoms with E-state index in [1.165, 1.54) is 89.9 Å². The minimum Gasteiger partial charge on any atom is -0.481 e. The average Bonchev–Trinajstić information content (AvgIpc) is 2.63. The van der Waals surface area contributed by atoms with Crippen LogP contribution in [-0.4, -0.2) is 89.3 Å². The monoisotopic (exact) mass is 462 g/mol. The summed E-state index contributed by atoms with van der Waals surface area (Å²) in [6.45, 7) is 2.29. The Morgan fingerprint density at radius 1 is 0.759 bits per heavy atom. The van der Waals surface area contributed by atoms with Gasteiger partial charge < -0.3 is 10.2 Å². The molecule has 1 atom stereocenters. The Morgan fingerprint density at radius 3 is 1.31 bits per heavy atom. The minimum atomic E-state index is -4.84. The van der Waals surface area contributed by atoms with E-state index in [0.717, 1.165) is 49.0 Å². The van der Waals surface area contributed by atoms with E-state index in [4.69, 9.17) is 14.8 Å². The molecule has 0 heterocycles. The van der Waals surface area contributed by atoms with Crippen molar-refractivity contribution in [2.45, 2.75) is 109 Å². The Balaban J connectivity index is 0. The Kier molecular flexibility index (Phi) is 23.7. The Hall–Kier alpha value is 0.486. The van der Waals surface area contributed by atoms with Crippen molar-refractivity contribution in [2.75, 3.05) is 0 Å². The number of carboxylic acid groups (broad SMARTS) is 2. The summed E-state index contributed by atoms with van der Waals surface area (Å²) in [6, 6.07) is 0. The predicted octanol–water partition coefficient (Wildman–Crippen LogP) is 4.86. The molecule has 168 valence electrons. The van der Waals surface area contributed by atoms with Crippen LogP contribution in [0.2, 0.25) is 0.515 Å². The maximum atomic E-state index is 10.2. The van der Waals surface area contributed by atoms with Crippen molar-refractivity contribution in [2.24, 2.45) is 0 Å². The van der Waals surface area contributed by atoms with Crippen LogP contribution >= 0.6 is 0 Å². The molecule has 0 bridgehead atoms. The van der Waals surface area contributed by atoms with Gasteiger partial charge in [-0.05, 0) is 0 Å². The molecular formula is C20H39KO7S. The largest absolute Gasteiger partial charge is 0.481 e. The van der Waals surface area contributed by atoms with Crippen molar-refractivity contribution >= 4 is 71.0 Å². The standard InChI is InChI=1S/C16H33.C4H6O7S.K/c1-3-5-7-9-11-13-15-16-14-12-10-8-6-4-2;5-3(6)1-2(4(7)8)12(9,10)11;/h1,3-16H2,2H3;2H,1H2,(H,5,6)(H,7,8)(H,9,10,11);. The van der Waals surface area contributed by atoms with Gasteiger partial charge >= 0.3 is 132 Å². The number of rotatable bonds is 18. The molecule has 0 aliphatic carbocycles. The van der Waals surface area contributed by atoms with E-state index < -0.39 is 33.7 Å². The number of hydrogen-bond donors (Lipinski definition) is 3. The van der Waals surface area contributed by atoms with Crippen molar-refractivity contribution in [3.63, 3.8) is 0 Å². The second-order valence-corrected chi connectivity index (χ2v) is 10.7. The zero-order valence-corrected chi connectivity index (χ0v) is 22.2. The summed E-state index contributed by atoms with van der Waals surface area (Å²) >= 11 is 1.10. The van der Waals surface area contributed by atoms with E-state index in [1.54, 1.807) is 0.515 Å². The van der Waals surface area contributed by atoms with Gasteiger partial charge in [-0.15, -0.1) is 0 Å². The van der Waals surface area contributed by atoms with Gasteiger partial charge in [0.2, 0.25) is 0 Å². The number of carboxylic acids is 2. The molecule has 29 heavy (non-hydrogen) atoms. The first-order chi connectivity index (χ1) is 13.7. The van der Waals surface area contributed by atoms with Crippen molar-refractivity contribution in [1.82, 2.24) is 0 Å². The second kappa shape index (κ2) is 21.7. The van der Waals surface area contributed by atoms with Crippen LogP contribution in [0.4, 0.5) is 0 Å². The Morgan fingerprint density at radius 2 is 1.10 bits per heavy atom. The van der Waals surface area contributed by atoms with Crippen LogP contribution in [0, 0.1) is 0 Å². The van der Waals surface area contributed by atoms with Crippen LogP contribution in [0.5, 0.6) is 0 Å². The average molecular weight is 463 g/mol. The van der Waals surface area contributed by atoms with Crippen LogP contribution in [0.25, 0.3) is 0 Å². The fourth-order valence-corrected chi connectivity index (χ4v) is 4.31. The molecule has 0 saturated carbocycles. The van der Waals surface area contributed by atoms with Gasteiger partial charge in [-0.25, -0.2) is 0 Å². The zero-order valence-electron chi connectivity index (χ0n) is 18.3. The predicted molar refractivity (Wildman–Crippen MR) is 116 cm³/mol. The van der Waals surface area contributed by atoms with E-state index in [1.807, 2.05) is 0 Å². The molecule has 0 spiro atoms. The summed E-state index contributed by atoms with van der Waals surface area (Å²) in [7, 11) is -4.84. The molecule has 0 aromatic heterocycles. The first-order valence-electron chi connectivity index (χ1n) is 11.1. The molecule has 9 heteroatoms. The SMILES string of the molecule is CCCCCCCCCCCCCCC[CH2][K].O=C(O)CC(C(=O)O)S(=O)(=O)O. The summed E-state index contributed by atoms with van der Waals surface area (Å²) in [5.74, 6) is -3.50. The summed E-state index contributed by atoms with van der Waals surface area (Å²) in [5.41, 5.74) is 0. The first kappa shape index (κ1) is 31.7. The van der Waals surface area contributed by atoms with Crippen LogP contribution < -0.4 is 0 Å². The third-order valence-electron chi connectivity index (χ3n) is 4.70. The fourth-order valence-electron chi connectivity index (χ4n) is 2.92.